The van der Waals surface area contributed by atoms with Crippen LogP contribution in [0.3, 0.4) is 0 Å². The van der Waals surface area contributed by atoms with Crippen LogP contribution in [0.25, 0.3) is 0 Å². The van der Waals surface area contributed by atoms with Gasteiger partial charge in [0.1, 0.15) is 5.75 Å². The van der Waals surface area contributed by atoms with E-state index in [2.05, 4.69) is 5.32 Å². The van der Waals surface area contributed by atoms with E-state index in [1.807, 2.05) is 26.0 Å². The molecule has 1 atom stereocenters. The maximum absolute atomic E-state index is 11.9. The third kappa shape index (κ3) is 4.07. The van der Waals surface area contributed by atoms with Gasteiger partial charge in [0.2, 0.25) is 0 Å². The minimum Gasteiger partial charge on any atom is -0.494 e. The summed E-state index contributed by atoms with van der Waals surface area (Å²) in [5, 5.41) is 2.88. The van der Waals surface area contributed by atoms with Gasteiger partial charge in [0.15, 0.2) is 0 Å². The van der Waals surface area contributed by atoms with E-state index >= 15 is 0 Å². The Balaban J connectivity index is 2.71. The molecule has 0 aliphatic heterocycles. The van der Waals surface area contributed by atoms with E-state index < -0.39 is 0 Å². The van der Waals surface area contributed by atoms with Gasteiger partial charge in [0, 0.05) is 18.2 Å². The third-order valence-electron chi connectivity index (χ3n) is 2.52. The van der Waals surface area contributed by atoms with Crippen molar-refractivity contribution in [3.8, 4) is 5.75 Å². The van der Waals surface area contributed by atoms with E-state index in [9.17, 15) is 4.79 Å². The SMILES string of the molecule is CCOc1cccc(C(=O)NC(CC)CN)c1. The highest BCUT2D eigenvalue weighted by Crippen LogP contribution is 2.13. The first-order chi connectivity index (χ1) is 8.21. The van der Waals surface area contributed by atoms with Crippen LogP contribution >= 0.6 is 0 Å². The normalized spacial score (nSPS) is 11.9. The maximum Gasteiger partial charge on any atom is 0.251 e. The van der Waals surface area contributed by atoms with E-state index in [0.717, 1.165) is 6.42 Å². The highest BCUT2D eigenvalue weighted by atomic mass is 16.5. The Hall–Kier alpha value is -1.55. The van der Waals surface area contributed by atoms with Gasteiger partial charge in [-0.15, -0.1) is 0 Å². The molecular formula is C13H20N2O2. The van der Waals surface area contributed by atoms with Gasteiger partial charge in [-0.1, -0.05) is 13.0 Å². The van der Waals surface area contributed by atoms with Crippen molar-refractivity contribution in [3.05, 3.63) is 29.8 Å². The predicted octanol–water partition coefficient (Wildman–Crippen LogP) is 1.55. The zero-order valence-electron chi connectivity index (χ0n) is 10.4. The molecule has 17 heavy (non-hydrogen) atoms. The molecule has 4 heteroatoms. The van der Waals surface area contributed by atoms with Crippen LogP contribution < -0.4 is 15.8 Å². The minimum absolute atomic E-state index is 0.0262. The van der Waals surface area contributed by atoms with Crippen molar-refractivity contribution in [2.75, 3.05) is 13.2 Å². The quantitative estimate of drug-likeness (QED) is 0.787. The topological polar surface area (TPSA) is 64.3 Å². The van der Waals surface area contributed by atoms with Crippen molar-refractivity contribution in [2.24, 2.45) is 5.73 Å². The van der Waals surface area contributed by atoms with Crippen molar-refractivity contribution in [1.29, 1.82) is 0 Å². The van der Waals surface area contributed by atoms with Gasteiger partial charge in [-0.05, 0) is 31.5 Å². The second-order valence-corrected chi connectivity index (χ2v) is 3.78. The van der Waals surface area contributed by atoms with Crippen LogP contribution in [0.4, 0.5) is 0 Å². The molecule has 0 heterocycles. The molecule has 1 amide bonds. The van der Waals surface area contributed by atoms with Crippen LogP contribution in [0.1, 0.15) is 30.6 Å². The van der Waals surface area contributed by atoms with Crippen LogP contribution in [0.5, 0.6) is 5.75 Å². The van der Waals surface area contributed by atoms with Gasteiger partial charge in [0.25, 0.3) is 5.91 Å². The third-order valence-corrected chi connectivity index (χ3v) is 2.52. The molecule has 0 saturated carbocycles. The molecule has 0 radical (unpaired) electrons. The van der Waals surface area contributed by atoms with E-state index in [1.54, 1.807) is 12.1 Å². The number of benzene rings is 1. The standard InChI is InChI=1S/C13H20N2O2/c1-3-11(9-14)15-13(16)10-6-5-7-12(8-10)17-4-2/h5-8,11H,3-4,9,14H2,1-2H3,(H,15,16). The number of amides is 1. The van der Waals surface area contributed by atoms with Gasteiger partial charge in [-0.25, -0.2) is 0 Å². The number of carbonyl (C=O) groups excluding carboxylic acids is 1. The average molecular weight is 236 g/mol. The number of ether oxygens (including phenoxy) is 1. The zero-order valence-corrected chi connectivity index (χ0v) is 10.4. The van der Waals surface area contributed by atoms with Gasteiger partial charge in [0.05, 0.1) is 6.61 Å². The fraction of sp³-hybridized carbons (Fsp3) is 0.462. The number of carbonyl (C=O) groups is 1. The Labute approximate surface area is 102 Å². The summed E-state index contributed by atoms with van der Waals surface area (Å²) in [4.78, 5) is 11.9. The Bertz CT molecular complexity index is 362. The molecule has 0 aliphatic rings. The van der Waals surface area contributed by atoms with Crippen LogP contribution in [0.2, 0.25) is 0 Å². The maximum atomic E-state index is 11.9. The van der Waals surface area contributed by atoms with Crippen LogP contribution in [0.15, 0.2) is 24.3 Å². The second kappa shape index (κ2) is 6.91. The van der Waals surface area contributed by atoms with Gasteiger partial charge < -0.3 is 15.8 Å². The molecule has 0 spiro atoms. The van der Waals surface area contributed by atoms with Gasteiger partial charge >= 0.3 is 0 Å². The Morgan fingerprint density at radius 2 is 2.24 bits per heavy atom. The molecule has 0 aliphatic carbocycles. The second-order valence-electron chi connectivity index (χ2n) is 3.78. The van der Waals surface area contributed by atoms with Crippen molar-refractivity contribution < 1.29 is 9.53 Å². The number of nitrogens with two attached hydrogens (primary N) is 1. The molecule has 1 rings (SSSR count). The van der Waals surface area contributed by atoms with Crippen molar-refractivity contribution in [3.63, 3.8) is 0 Å². The molecule has 0 aromatic heterocycles. The van der Waals surface area contributed by atoms with Crippen LogP contribution in [0, 0.1) is 0 Å². The summed E-state index contributed by atoms with van der Waals surface area (Å²) in [7, 11) is 0. The lowest BCUT2D eigenvalue weighted by atomic mass is 10.1. The number of rotatable bonds is 6. The molecule has 3 N–H and O–H groups in total. The Morgan fingerprint density at radius 3 is 2.82 bits per heavy atom. The summed E-state index contributed by atoms with van der Waals surface area (Å²) < 4.78 is 5.35. The Kier molecular flexibility index (Phi) is 5.49. The molecule has 1 unspecified atom stereocenters. The van der Waals surface area contributed by atoms with Gasteiger partial charge in [-0.2, -0.15) is 0 Å². The molecule has 1 aromatic rings. The summed E-state index contributed by atoms with van der Waals surface area (Å²) in [5.41, 5.74) is 6.15. The molecular weight excluding hydrogens is 216 g/mol. The lowest BCUT2D eigenvalue weighted by Crippen LogP contribution is -2.39. The lowest BCUT2D eigenvalue weighted by Gasteiger charge is -2.14. The summed E-state index contributed by atoms with van der Waals surface area (Å²) >= 11 is 0. The summed E-state index contributed by atoms with van der Waals surface area (Å²) in [6.07, 6.45) is 0.827. The van der Waals surface area contributed by atoms with E-state index in [0.29, 0.717) is 24.5 Å². The van der Waals surface area contributed by atoms with Crippen LogP contribution in [-0.4, -0.2) is 25.1 Å². The molecule has 4 nitrogen and oxygen atoms in total. The van der Waals surface area contributed by atoms with Gasteiger partial charge in [-0.3, -0.25) is 4.79 Å². The smallest absolute Gasteiger partial charge is 0.251 e. The highest BCUT2D eigenvalue weighted by molar-refractivity contribution is 5.94. The molecule has 1 aromatic carbocycles. The van der Waals surface area contributed by atoms with E-state index in [1.165, 1.54) is 0 Å². The summed E-state index contributed by atoms with van der Waals surface area (Å²) in [6.45, 7) is 4.95. The summed E-state index contributed by atoms with van der Waals surface area (Å²) in [6, 6.07) is 7.17. The minimum atomic E-state index is -0.108. The van der Waals surface area contributed by atoms with Crippen molar-refractivity contribution in [1.82, 2.24) is 5.32 Å². The average Bonchev–Trinajstić information content (AvgIpc) is 2.36. The fourth-order valence-corrected chi connectivity index (χ4v) is 1.49. The number of nitrogens with one attached hydrogen (secondary N) is 1. The molecule has 94 valence electrons. The van der Waals surface area contributed by atoms with E-state index in [4.69, 9.17) is 10.5 Å². The fourth-order valence-electron chi connectivity index (χ4n) is 1.49. The first-order valence-corrected chi connectivity index (χ1v) is 5.95. The van der Waals surface area contributed by atoms with Crippen molar-refractivity contribution >= 4 is 5.91 Å². The number of hydrogen-bond donors (Lipinski definition) is 2. The van der Waals surface area contributed by atoms with Crippen LogP contribution in [-0.2, 0) is 0 Å². The van der Waals surface area contributed by atoms with Crippen molar-refractivity contribution in [2.45, 2.75) is 26.3 Å². The van der Waals surface area contributed by atoms with E-state index in [-0.39, 0.29) is 11.9 Å². The Morgan fingerprint density at radius 1 is 1.47 bits per heavy atom. The monoisotopic (exact) mass is 236 g/mol. The zero-order chi connectivity index (χ0) is 12.7. The first kappa shape index (κ1) is 13.5. The first-order valence-electron chi connectivity index (χ1n) is 5.95. The largest absolute Gasteiger partial charge is 0.494 e. The number of hydrogen-bond acceptors (Lipinski definition) is 3. The molecule has 0 saturated heterocycles. The molecule has 0 bridgehead atoms. The highest BCUT2D eigenvalue weighted by Gasteiger charge is 2.11. The summed E-state index contributed by atoms with van der Waals surface area (Å²) in [5.74, 6) is 0.602. The lowest BCUT2D eigenvalue weighted by molar-refractivity contribution is 0.0936. The molecule has 0 fully saturated rings. The predicted molar refractivity (Wildman–Crippen MR) is 68.2 cm³/mol.